The third-order valence-electron chi connectivity index (χ3n) is 5.64. The van der Waals surface area contributed by atoms with Crippen LogP contribution in [0.2, 0.25) is 19.6 Å². The van der Waals surface area contributed by atoms with Crippen molar-refractivity contribution in [1.82, 2.24) is 0 Å². The average molecular weight is 274 g/mol. The van der Waals surface area contributed by atoms with E-state index in [1.54, 1.807) is 11.1 Å². The summed E-state index contributed by atoms with van der Waals surface area (Å²) in [4.78, 5) is 0. The van der Waals surface area contributed by atoms with E-state index in [-0.39, 0.29) is 0 Å². The van der Waals surface area contributed by atoms with Crippen molar-refractivity contribution in [3.63, 3.8) is 0 Å². The maximum absolute atomic E-state index is 6.34. The summed E-state index contributed by atoms with van der Waals surface area (Å²) in [7, 11) is -1.43. The van der Waals surface area contributed by atoms with Gasteiger partial charge in [0.05, 0.1) is 0 Å². The lowest BCUT2D eigenvalue weighted by atomic mass is 9.45. The lowest BCUT2D eigenvalue weighted by Crippen LogP contribution is -2.59. The Morgan fingerprint density at radius 1 is 1.26 bits per heavy atom. The zero-order chi connectivity index (χ0) is 13.9. The van der Waals surface area contributed by atoms with Crippen LogP contribution in [0.3, 0.4) is 0 Å². The van der Waals surface area contributed by atoms with Crippen LogP contribution in [0, 0.1) is 11.3 Å². The molecule has 1 saturated carbocycles. The van der Waals surface area contributed by atoms with Gasteiger partial charge in [-0.1, -0.05) is 38.1 Å². The standard InChI is InChI=1S/C17H26OSi/c1-13-10-16(2)15-9-7-6-8-14(15)11-17(13,16)12-18-19(3,4)5/h6-9,13H,10-12H2,1-5H3/t13-,16-,17+/m0/s1. The molecule has 0 spiro atoms. The zero-order valence-corrected chi connectivity index (χ0v) is 13.9. The van der Waals surface area contributed by atoms with Gasteiger partial charge in [-0.2, -0.15) is 0 Å². The summed E-state index contributed by atoms with van der Waals surface area (Å²) in [5.41, 5.74) is 3.86. The van der Waals surface area contributed by atoms with Gasteiger partial charge in [0.1, 0.15) is 0 Å². The van der Waals surface area contributed by atoms with Gasteiger partial charge in [-0.25, -0.2) is 0 Å². The van der Waals surface area contributed by atoms with E-state index in [1.807, 2.05) is 0 Å². The van der Waals surface area contributed by atoms with Gasteiger partial charge in [-0.3, -0.25) is 0 Å². The van der Waals surface area contributed by atoms with Gasteiger partial charge < -0.3 is 4.43 Å². The molecule has 1 aromatic rings. The Hall–Kier alpha value is -0.603. The van der Waals surface area contributed by atoms with Gasteiger partial charge in [0.25, 0.3) is 0 Å². The Kier molecular flexibility index (Phi) is 2.78. The fourth-order valence-electron chi connectivity index (χ4n) is 4.42. The van der Waals surface area contributed by atoms with Crippen LogP contribution >= 0.6 is 0 Å². The molecule has 3 rings (SSSR count). The lowest BCUT2D eigenvalue weighted by Gasteiger charge is -2.60. The number of rotatable bonds is 3. The molecule has 0 aromatic heterocycles. The number of hydrogen-bond acceptors (Lipinski definition) is 1. The normalized spacial score (nSPS) is 36.6. The minimum Gasteiger partial charge on any atom is -0.417 e. The average Bonchev–Trinajstić information content (AvgIpc) is 2.52. The van der Waals surface area contributed by atoms with E-state index >= 15 is 0 Å². The molecule has 1 fully saturated rings. The summed E-state index contributed by atoms with van der Waals surface area (Å²) >= 11 is 0. The van der Waals surface area contributed by atoms with Crippen LogP contribution in [0.5, 0.6) is 0 Å². The molecule has 2 aliphatic carbocycles. The highest BCUT2D eigenvalue weighted by Gasteiger charge is 2.65. The summed E-state index contributed by atoms with van der Waals surface area (Å²) in [6, 6.07) is 9.05. The van der Waals surface area contributed by atoms with E-state index in [9.17, 15) is 0 Å². The second-order valence-corrected chi connectivity index (χ2v) is 12.3. The highest BCUT2D eigenvalue weighted by atomic mass is 28.4. The maximum Gasteiger partial charge on any atom is 0.183 e. The Balaban J connectivity index is 1.94. The fourth-order valence-corrected chi connectivity index (χ4v) is 5.11. The van der Waals surface area contributed by atoms with Crippen molar-refractivity contribution in [3.05, 3.63) is 35.4 Å². The molecular weight excluding hydrogens is 248 g/mol. The van der Waals surface area contributed by atoms with Gasteiger partial charge in [-0.15, -0.1) is 0 Å². The number of benzene rings is 1. The Morgan fingerprint density at radius 2 is 1.95 bits per heavy atom. The zero-order valence-electron chi connectivity index (χ0n) is 12.9. The van der Waals surface area contributed by atoms with E-state index in [0.29, 0.717) is 10.8 Å². The molecule has 0 N–H and O–H groups in total. The van der Waals surface area contributed by atoms with E-state index in [1.165, 1.54) is 12.8 Å². The van der Waals surface area contributed by atoms with Crippen molar-refractivity contribution < 1.29 is 4.43 Å². The summed E-state index contributed by atoms with van der Waals surface area (Å²) in [6.45, 7) is 12.7. The van der Waals surface area contributed by atoms with Crippen LogP contribution in [0.1, 0.15) is 31.4 Å². The lowest BCUT2D eigenvalue weighted by molar-refractivity contribution is -0.0844. The van der Waals surface area contributed by atoms with Crippen molar-refractivity contribution in [2.24, 2.45) is 11.3 Å². The van der Waals surface area contributed by atoms with Crippen molar-refractivity contribution in [2.75, 3.05) is 6.61 Å². The molecule has 0 unspecified atom stereocenters. The monoisotopic (exact) mass is 274 g/mol. The minimum atomic E-state index is -1.43. The van der Waals surface area contributed by atoms with E-state index < -0.39 is 8.32 Å². The van der Waals surface area contributed by atoms with Gasteiger partial charge >= 0.3 is 0 Å². The summed E-state index contributed by atoms with van der Waals surface area (Å²) in [6.07, 6.45) is 2.53. The third kappa shape index (κ3) is 1.76. The van der Waals surface area contributed by atoms with E-state index in [2.05, 4.69) is 57.8 Å². The van der Waals surface area contributed by atoms with Gasteiger partial charge in [0.2, 0.25) is 0 Å². The van der Waals surface area contributed by atoms with Gasteiger partial charge in [0.15, 0.2) is 8.32 Å². The van der Waals surface area contributed by atoms with Crippen LogP contribution < -0.4 is 0 Å². The molecule has 0 radical (unpaired) electrons. The predicted octanol–water partition coefficient (Wildman–Crippen LogP) is 4.38. The second-order valence-electron chi connectivity index (χ2n) is 7.83. The topological polar surface area (TPSA) is 9.23 Å². The molecule has 0 amide bonds. The Labute approximate surface area is 118 Å². The number of fused-ring (bicyclic) bond motifs is 3. The van der Waals surface area contributed by atoms with Crippen LogP contribution in [0.4, 0.5) is 0 Å². The SMILES string of the molecule is C[C@H]1C[C@@]2(C)c3ccccc3C[C@@]12CO[Si](C)(C)C. The van der Waals surface area contributed by atoms with Crippen LogP contribution in [-0.2, 0) is 16.3 Å². The van der Waals surface area contributed by atoms with Gasteiger partial charge in [-0.05, 0) is 49.5 Å². The van der Waals surface area contributed by atoms with Crippen LogP contribution in [0.25, 0.3) is 0 Å². The molecule has 104 valence electrons. The minimum absolute atomic E-state index is 0.350. The summed E-state index contributed by atoms with van der Waals surface area (Å²) in [5.74, 6) is 0.779. The quantitative estimate of drug-likeness (QED) is 0.743. The third-order valence-corrected chi connectivity index (χ3v) is 6.65. The molecule has 0 saturated heterocycles. The molecule has 1 nitrogen and oxygen atoms in total. The first-order chi connectivity index (χ1) is 8.79. The van der Waals surface area contributed by atoms with Crippen molar-refractivity contribution >= 4 is 8.32 Å². The van der Waals surface area contributed by atoms with E-state index in [4.69, 9.17) is 4.43 Å². The second kappa shape index (κ2) is 3.95. The largest absolute Gasteiger partial charge is 0.417 e. The number of hydrogen-bond donors (Lipinski definition) is 0. The molecule has 2 heteroatoms. The molecule has 0 bridgehead atoms. The van der Waals surface area contributed by atoms with Crippen molar-refractivity contribution in [1.29, 1.82) is 0 Å². The molecule has 19 heavy (non-hydrogen) atoms. The van der Waals surface area contributed by atoms with E-state index in [0.717, 1.165) is 12.5 Å². The Morgan fingerprint density at radius 3 is 2.58 bits per heavy atom. The van der Waals surface area contributed by atoms with Crippen molar-refractivity contribution in [2.45, 2.75) is 51.7 Å². The molecule has 3 atom stereocenters. The smallest absolute Gasteiger partial charge is 0.183 e. The van der Waals surface area contributed by atoms with Crippen LogP contribution in [0.15, 0.2) is 24.3 Å². The molecular formula is C17H26OSi. The molecule has 2 aliphatic rings. The summed E-state index contributed by atoms with van der Waals surface area (Å²) < 4.78 is 6.34. The molecule has 0 aliphatic heterocycles. The summed E-state index contributed by atoms with van der Waals surface area (Å²) in [5, 5.41) is 0. The van der Waals surface area contributed by atoms with Gasteiger partial charge in [0, 0.05) is 17.4 Å². The first-order valence-corrected chi connectivity index (χ1v) is 10.9. The molecule has 1 aromatic carbocycles. The maximum atomic E-state index is 6.34. The first-order valence-electron chi connectivity index (χ1n) is 7.51. The fraction of sp³-hybridized carbons (Fsp3) is 0.647. The predicted molar refractivity (Wildman–Crippen MR) is 83.0 cm³/mol. The van der Waals surface area contributed by atoms with Crippen LogP contribution in [-0.4, -0.2) is 14.9 Å². The first kappa shape index (κ1) is 13.4. The molecule has 0 heterocycles. The highest BCUT2D eigenvalue weighted by molar-refractivity contribution is 6.69. The van der Waals surface area contributed by atoms with Crippen molar-refractivity contribution in [3.8, 4) is 0 Å². The Bertz CT molecular complexity index is 504. The highest BCUT2D eigenvalue weighted by Crippen LogP contribution is 2.67.